The lowest BCUT2D eigenvalue weighted by Gasteiger charge is -2.10. The SMILES string of the molecule is C=CCc1c(C)ccc2c1ccc1c(C(=O)OCC)ncn12. The summed E-state index contributed by atoms with van der Waals surface area (Å²) in [6, 6.07) is 8.11. The molecule has 0 aliphatic carbocycles. The molecular formula is C18H18N2O2. The third-order valence-electron chi connectivity index (χ3n) is 3.86. The standard InChI is InChI=1S/C18H18N2O2/c1-4-6-13-12(3)7-9-15-14(13)8-10-16-17(18(21)22-5-2)19-11-20(15)16/h4,7-11H,1,5-6H2,2-3H3. The molecule has 3 rings (SSSR count). The summed E-state index contributed by atoms with van der Waals surface area (Å²) in [5.74, 6) is -0.386. The van der Waals surface area contributed by atoms with Crippen molar-refractivity contribution in [2.45, 2.75) is 20.3 Å². The normalized spacial score (nSPS) is 11.0. The second-order valence-corrected chi connectivity index (χ2v) is 5.19. The summed E-state index contributed by atoms with van der Waals surface area (Å²) in [5.41, 5.74) is 4.63. The maximum atomic E-state index is 12.0. The number of rotatable bonds is 4. The Hall–Kier alpha value is -2.62. The zero-order valence-electron chi connectivity index (χ0n) is 12.8. The minimum atomic E-state index is -0.386. The minimum absolute atomic E-state index is 0.341. The number of fused-ring (bicyclic) bond motifs is 3. The zero-order chi connectivity index (χ0) is 15.7. The molecule has 0 saturated heterocycles. The molecule has 0 fully saturated rings. The third-order valence-corrected chi connectivity index (χ3v) is 3.86. The molecule has 112 valence electrons. The highest BCUT2D eigenvalue weighted by Gasteiger charge is 2.16. The molecule has 22 heavy (non-hydrogen) atoms. The Morgan fingerprint density at radius 3 is 2.82 bits per heavy atom. The van der Waals surface area contributed by atoms with E-state index in [2.05, 4.69) is 30.6 Å². The van der Waals surface area contributed by atoms with E-state index in [-0.39, 0.29) is 5.97 Å². The van der Waals surface area contributed by atoms with Gasteiger partial charge in [-0.3, -0.25) is 4.40 Å². The molecule has 0 bridgehead atoms. The number of benzene rings is 1. The molecule has 4 heteroatoms. The molecule has 0 radical (unpaired) electrons. The van der Waals surface area contributed by atoms with Gasteiger partial charge in [0.25, 0.3) is 0 Å². The van der Waals surface area contributed by atoms with Crippen LogP contribution in [0.25, 0.3) is 16.4 Å². The van der Waals surface area contributed by atoms with Crippen molar-refractivity contribution in [1.82, 2.24) is 9.38 Å². The summed E-state index contributed by atoms with van der Waals surface area (Å²) in [4.78, 5) is 16.2. The molecule has 1 aromatic carbocycles. The number of pyridine rings is 1. The predicted molar refractivity (Wildman–Crippen MR) is 87.3 cm³/mol. The molecule has 4 nitrogen and oxygen atoms in total. The van der Waals surface area contributed by atoms with E-state index in [1.54, 1.807) is 13.3 Å². The molecule has 0 N–H and O–H groups in total. The van der Waals surface area contributed by atoms with Gasteiger partial charge >= 0.3 is 5.97 Å². The van der Waals surface area contributed by atoms with Gasteiger partial charge in [-0.2, -0.15) is 0 Å². The zero-order valence-corrected chi connectivity index (χ0v) is 12.8. The summed E-state index contributed by atoms with van der Waals surface area (Å²) in [7, 11) is 0. The van der Waals surface area contributed by atoms with E-state index < -0.39 is 0 Å². The lowest BCUT2D eigenvalue weighted by molar-refractivity contribution is 0.0522. The number of hydrogen-bond donors (Lipinski definition) is 0. The van der Waals surface area contributed by atoms with E-state index in [0.717, 1.165) is 22.8 Å². The van der Waals surface area contributed by atoms with Gasteiger partial charge in [0.2, 0.25) is 0 Å². The summed E-state index contributed by atoms with van der Waals surface area (Å²) >= 11 is 0. The summed E-state index contributed by atoms with van der Waals surface area (Å²) < 4.78 is 7.00. The lowest BCUT2D eigenvalue weighted by Crippen LogP contribution is -2.05. The maximum absolute atomic E-state index is 12.0. The Balaban J connectivity index is 2.27. The number of esters is 1. The molecule has 2 heterocycles. The van der Waals surface area contributed by atoms with Gasteiger partial charge in [-0.05, 0) is 43.5 Å². The lowest BCUT2D eigenvalue weighted by atomic mass is 9.99. The average Bonchev–Trinajstić information content (AvgIpc) is 2.94. The first-order chi connectivity index (χ1) is 10.7. The van der Waals surface area contributed by atoms with Gasteiger partial charge in [0, 0.05) is 5.39 Å². The first-order valence-corrected chi connectivity index (χ1v) is 7.33. The number of carbonyl (C=O) groups excluding carboxylic acids is 1. The number of imidazole rings is 1. The van der Waals surface area contributed by atoms with Crippen molar-refractivity contribution in [2.75, 3.05) is 6.61 Å². The third kappa shape index (κ3) is 2.17. The highest BCUT2D eigenvalue weighted by molar-refractivity contribution is 5.97. The van der Waals surface area contributed by atoms with Crippen LogP contribution in [0.15, 0.2) is 43.2 Å². The van der Waals surface area contributed by atoms with E-state index >= 15 is 0 Å². The largest absolute Gasteiger partial charge is 0.461 e. The fraction of sp³-hybridized carbons (Fsp3) is 0.222. The van der Waals surface area contributed by atoms with Gasteiger partial charge in [0.1, 0.15) is 6.33 Å². The van der Waals surface area contributed by atoms with Crippen molar-refractivity contribution in [1.29, 1.82) is 0 Å². The van der Waals surface area contributed by atoms with Crippen LogP contribution in [0.4, 0.5) is 0 Å². The van der Waals surface area contributed by atoms with Gasteiger partial charge in [-0.15, -0.1) is 6.58 Å². The molecule has 0 saturated carbocycles. The Morgan fingerprint density at radius 1 is 1.32 bits per heavy atom. The van der Waals surface area contributed by atoms with Crippen LogP contribution in [0.5, 0.6) is 0 Å². The second-order valence-electron chi connectivity index (χ2n) is 5.19. The van der Waals surface area contributed by atoms with Gasteiger partial charge in [-0.1, -0.05) is 18.2 Å². The number of carbonyl (C=O) groups is 1. The van der Waals surface area contributed by atoms with E-state index in [1.807, 2.05) is 22.6 Å². The van der Waals surface area contributed by atoms with Crippen LogP contribution in [0.2, 0.25) is 0 Å². The summed E-state index contributed by atoms with van der Waals surface area (Å²) in [6.07, 6.45) is 4.40. The Labute approximate surface area is 129 Å². The number of nitrogens with zero attached hydrogens (tertiary/aromatic N) is 2. The van der Waals surface area contributed by atoms with Gasteiger partial charge in [-0.25, -0.2) is 9.78 Å². The van der Waals surface area contributed by atoms with Gasteiger partial charge in [0.15, 0.2) is 5.69 Å². The summed E-state index contributed by atoms with van der Waals surface area (Å²) in [5, 5.41) is 1.15. The number of aromatic nitrogens is 2. The quantitative estimate of drug-likeness (QED) is 0.544. The topological polar surface area (TPSA) is 43.6 Å². The maximum Gasteiger partial charge on any atom is 0.359 e. The molecule has 0 amide bonds. The van der Waals surface area contributed by atoms with Crippen LogP contribution in [-0.4, -0.2) is 22.0 Å². The van der Waals surface area contributed by atoms with Gasteiger partial charge in [0.05, 0.1) is 17.6 Å². The Kier molecular flexibility index (Phi) is 3.67. The molecule has 0 spiro atoms. The Morgan fingerprint density at radius 2 is 2.09 bits per heavy atom. The first-order valence-electron chi connectivity index (χ1n) is 7.33. The van der Waals surface area contributed by atoms with Crippen molar-refractivity contribution in [3.8, 4) is 0 Å². The fourth-order valence-corrected chi connectivity index (χ4v) is 2.80. The van der Waals surface area contributed by atoms with Crippen LogP contribution in [0.1, 0.15) is 28.5 Å². The molecule has 2 aromatic heterocycles. The van der Waals surface area contributed by atoms with E-state index in [4.69, 9.17) is 4.74 Å². The van der Waals surface area contributed by atoms with E-state index in [9.17, 15) is 4.79 Å². The highest BCUT2D eigenvalue weighted by Crippen LogP contribution is 2.26. The number of aryl methyl sites for hydroxylation is 1. The minimum Gasteiger partial charge on any atom is -0.461 e. The van der Waals surface area contributed by atoms with Crippen molar-refractivity contribution < 1.29 is 9.53 Å². The van der Waals surface area contributed by atoms with E-state index in [1.165, 1.54) is 11.1 Å². The molecule has 3 aromatic rings. The monoisotopic (exact) mass is 294 g/mol. The van der Waals surface area contributed by atoms with Crippen LogP contribution in [0.3, 0.4) is 0 Å². The highest BCUT2D eigenvalue weighted by atomic mass is 16.5. The second kappa shape index (κ2) is 5.64. The van der Waals surface area contributed by atoms with Crippen LogP contribution < -0.4 is 0 Å². The summed E-state index contributed by atoms with van der Waals surface area (Å²) in [6.45, 7) is 8.06. The van der Waals surface area contributed by atoms with Crippen molar-refractivity contribution in [3.63, 3.8) is 0 Å². The predicted octanol–water partition coefficient (Wildman–Crippen LogP) is 3.70. The average molecular weight is 294 g/mol. The molecule has 0 aliphatic rings. The smallest absolute Gasteiger partial charge is 0.359 e. The van der Waals surface area contributed by atoms with Crippen LogP contribution in [-0.2, 0) is 11.2 Å². The molecule has 0 unspecified atom stereocenters. The number of ether oxygens (including phenoxy) is 1. The molecule has 0 aliphatic heterocycles. The molecular weight excluding hydrogens is 276 g/mol. The number of hydrogen-bond acceptors (Lipinski definition) is 3. The first kappa shape index (κ1) is 14.3. The van der Waals surface area contributed by atoms with Crippen LogP contribution in [0, 0.1) is 6.92 Å². The number of allylic oxidation sites excluding steroid dienone is 1. The van der Waals surface area contributed by atoms with E-state index in [0.29, 0.717) is 12.3 Å². The van der Waals surface area contributed by atoms with Crippen molar-refractivity contribution in [2.24, 2.45) is 0 Å². The van der Waals surface area contributed by atoms with Crippen LogP contribution >= 0.6 is 0 Å². The van der Waals surface area contributed by atoms with Crippen molar-refractivity contribution >= 4 is 22.4 Å². The molecule has 0 atom stereocenters. The van der Waals surface area contributed by atoms with Crippen molar-refractivity contribution in [3.05, 3.63) is 60.1 Å². The fourth-order valence-electron chi connectivity index (χ4n) is 2.80. The van der Waals surface area contributed by atoms with Gasteiger partial charge < -0.3 is 4.74 Å². The Bertz CT molecular complexity index is 878.